The van der Waals surface area contributed by atoms with Gasteiger partial charge in [0.25, 0.3) is 0 Å². The summed E-state index contributed by atoms with van der Waals surface area (Å²) in [5.41, 5.74) is -0.363. The van der Waals surface area contributed by atoms with E-state index in [1.165, 1.54) is 12.1 Å². The van der Waals surface area contributed by atoms with Crippen molar-refractivity contribution in [3.63, 3.8) is 0 Å². The van der Waals surface area contributed by atoms with Crippen LogP contribution >= 0.6 is 0 Å². The van der Waals surface area contributed by atoms with Crippen molar-refractivity contribution in [2.45, 2.75) is 18.4 Å². The molecule has 1 aliphatic heterocycles. The van der Waals surface area contributed by atoms with Gasteiger partial charge >= 0.3 is 0 Å². The van der Waals surface area contributed by atoms with Gasteiger partial charge in [0.2, 0.25) is 5.82 Å². The van der Waals surface area contributed by atoms with Crippen LogP contribution in [0.3, 0.4) is 0 Å². The Morgan fingerprint density at radius 2 is 1.86 bits per heavy atom. The van der Waals surface area contributed by atoms with Crippen LogP contribution in [0.15, 0.2) is 55.1 Å². The quantitative estimate of drug-likeness (QED) is 0.774. The van der Waals surface area contributed by atoms with Crippen molar-refractivity contribution in [2.24, 2.45) is 0 Å². The summed E-state index contributed by atoms with van der Waals surface area (Å²) in [7, 11) is 0. The molecule has 0 N–H and O–H groups in total. The van der Waals surface area contributed by atoms with Gasteiger partial charge in [0, 0.05) is 0 Å². The van der Waals surface area contributed by atoms with Gasteiger partial charge in [-0.2, -0.15) is 4.39 Å². The number of fused-ring (bicyclic) bond motifs is 1. The molecule has 0 aromatic heterocycles. The van der Waals surface area contributed by atoms with Crippen molar-refractivity contribution >= 4 is 5.78 Å². The molecule has 22 heavy (non-hydrogen) atoms. The van der Waals surface area contributed by atoms with E-state index in [9.17, 15) is 13.6 Å². The average molecular weight is 300 g/mol. The summed E-state index contributed by atoms with van der Waals surface area (Å²) in [5.74, 6) is -3.52. The Bertz CT molecular complexity index is 755. The van der Waals surface area contributed by atoms with Crippen LogP contribution in [-0.4, -0.2) is 11.4 Å². The molecule has 4 heteroatoms. The van der Waals surface area contributed by atoms with Crippen LogP contribution < -0.4 is 4.74 Å². The number of benzene rings is 2. The third kappa shape index (κ3) is 2.03. The molecule has 0 radical (unpaired) electrons. The normalized spacial score (nSPS) is 23.6. The van der Waals surface area contributed by atoms with E-state index in [1.54, 1.807) is 19.1 Å². The lowest BCUT2D eigenvalue weighted by Crippen LogP contribution is -2.45. The molecule has 0 bridgehead atoms. The van der Waals surface area contributed by atoms with Gasteiger partial charge in [-0.1, -0.05) is 36.9 Å². The van der Waals surface area contributed by atoms with Crippen LogP contribution in [0.2, 0.25) is 0 Å². The molecule has 2 atom stereocenters. The largest absolute Gasteiger partial charge is 0.478 e. The maximum atomic E-state index is 14.0. The second kappa shape index (κ2) is 5.05. The first-order chi connectivity index (χ1) is 10.5. The zero-order valence-corrected chi connectivity index (χ0v) is 12.0. The molecule has 1 aliphatic rings. The smallest absolute Gasteiger partial charge is 0.201 e. The molecule has 112 valence electrons. The van der Waals surface area contributed by atoms with Gasteiger partial charge in [-0.3, -0.25) is 4.79 Å². The molecule has 1 heterocycles. The Morgan fingerprint density at radius 3 is 2.50 bits per heavy atom. The standard InChI is InChI=1S/C18H14F2O2/c1-3-18(2)14(11-7-5-4-6-8-11)16(21)12-9-10-13(19)15(20)17(12)22-18/h3-10,14H,1H2,2H3. The molecule has 0 aliphatic carbocycles. The van der Waals surface area contributed by atoms with Crippen LogP contribution in [0.1, 0.15) is 28.8 Å². The Labute approximate surface area is 127 Å². The van der Waals surface area contributed by atoms with Gasteiger partial charge in [0.05, 0.1) is 11.5 Å². The number of halogens is 2. The van der Waals surface area contributed by atoms with Gasteiger partial charge in [-0.15, -0.1) is 0 Å². The Hall–Kier alpha value is -2.49. The van der Waals surface area contributed by atoms with Gasteiger partial charge in [-0.25, -0.2) is 4.39 Å². The SMILES string of the molecule is C=CC1(C)Oc2c(ccc(F)c2F)C(=O)C1c1ccccc1. The Balaban J connectivity index is 2.22. The van der Waals surface area contributed by atoms with Crippen molar-refractivity contribution in [3.05, 3.63) is 77.9 Å². The highest BCUT2D eigenvalue weighted by Gasteiger charge is 2.46. The molecule has 0 spiro atoms. The molecule has 0 saturated heterocycles. The van der Waals surface area contributed by atoms with E-state index in [1.807, 2.05) is 18.2 Å². The van der Waals surface area contributed by atoms with E-state index in [-0.39, 0.29) is 17.1 Å². The van der Waals surface area contributed by atoms with Gasteiger partial charge in [0.15, 0.2) is 17.3 Å². The van der Waals surface area contributed by atoms with E-state index in [4.69, 9.17) is 4.74 Å². The molecule has 2 unspecified atom stereocenters. The summed E-state index contributed by atoms with van der Waals surface area (Å²) in [5, 5.41) is 0. The number of hydrogen-bond donors (Lipinski definition) is 0. The van der Waals surface area contributed by atoms with Gasteiger partial charge in [-0.05, 0) is 30.7 Å². The number of ether oxygens (including phenoxy) is 1. The highest BCUT2D eigenvalue weighted by Crippen LogP contribution is 2.44. The Kier molecular flexibility index (Phi) is 3.32. The fourth-order valence-corrected chi connectivity index (χ4v) is 2.81. The van der Waals surface area contributed by atoms with Crippen LogP contribution in [0, 0.1) is 11.6 Å². The summed E-state index contributed by atoms with van der Waals surface area (Å²) in [6.45, 7) is 5.34. The zero-order valence-electron chi connectivity index (χ0n) is 12.0. The summed E-state index contributed by atoms with van der Waals surface area (Å²) in [6.07, 6.45) is 1.45. The lowest BCUT2D eigenvalue weighted by Gasteiger charge is -2.39. The maximum absolute atomic E-state index is 14.0. The monoisotopic (exact) mass is 300 g/mol. The summed E-state index contributed by atoms with van der Waals surface area (Å²) in [4.78, 5) is 12.8. The lowest BCUT2D eigenvalue weighted by atomic mass is 9.76. The van der Waals surface area contributed by atoms with E-state index in [2.05, 4.69) is 6.58 Å². The summed E-state index contributed by atoms with van der Waals surface area (Å²) in [6, 6.07) is 11.3. The van der Waals surface area contributed by atoms with Crippen molar-refractivity contribution in [1.29, 1.82) is 0 Å². The van der Waals surface area contributed by atoms with E-state index < -0.39 is 23.2 Å². The average Bonchev–Trinajstić information content (AvgIpc) is 2.52. The minimum atomic E-state index is -1.15. The highest BCUT2D eigenvalue weighted by atomic mass is 19.2. The second-order valence-corrected chi connectivity index (χ2v) is 5.44. The number of hydrogen-bond acceptors (Lipinski definition) is 2. The maximum Gasteiger partial charge on any atom is 0.201 e. The molecule has 2 aromatic carbocycles. The number of Topliss-reactive ketones (excluding diaryl/α,β-unsaturated/α-hetero) is 1. The number of carbonyl (C=O) groups excluding carboxylic acids is 1. The van der Waals surface area contributed by atoms with Crippen LogP contribution in [0.4, 0.5) is 8.78 Å². The molecule has 2 aromatic rings. The van der Waals surface area contributed by atoms with E-state index in [0.29, 0.717) is 0 Å². The molecular weight excluding hydrogens is 286 g/mol. The van der Waals surface area contributed by atoms with E-state index in [0.717, 1.165) is 11.6 Å². The van der Waals surface area contributed by atoms with Crippen molar-refractivity contribution in [2.75, 3.05) is 0 Å². The predicted molar refractivity (Wildman–Crippen MR) is 79.1 cm³/mol. The number of carbonyl (C=O) groups is 1. The van der Waals surface area contributed by atoms with Gasteiger partial charge < -0.3 is 4.74 Å². The third-order valence-corrected chi connectivity index (χ3v) is 4.01. The topological polar surface area (TPSA) is 26.3 Å². The van der Waals surface area contributed by atoms with Crippen LogP contribution in [0.25, 0.3) is 0 Å². The minimum Gasteiger partial charge on any atom is -0.478 e. The fraction of sp³-hybridized carbons (Fsp3) is 0.167. The first-order valence-electron chi connectivity index (χ1n) is 6.87. The third-order valence-electron chi connectivity index (χ3n) is 4.01. The number of rotatable bonds is 2. The minimum absolute atomic E-state index is 0.0482. The number of ketones is 1. The zero-order chi connectivity index (χ0) is 15.9. The van der Waals surface area contributed by atoms with Gasteiger partial charge in [0.1, 0.15) is 5.60 Å². The van der Waals surface area contributed by atoms with E-state index >= 15 is 0 Å². The molecule has 3 rings (SSSR count). The first-order valence-corrected chi connectivity index (χ1v) is 6.87. The predicted octanol–water partition coefficient (Wildman–Crippen LogP) is 4.27. The molecule has 2 nitrogen and oxygen atoms in total. The van der Waals surface area contributed by atoms with Crippen molar-refractivity contribution < 1.29 is 18.3 Å². The second-order valence-electron chi connectivity index (χ2n) is 5.44. The fourth-order valence-electron chi connectivity index (χ4n) is 2.81. The van der Waals surface area contributed by atoms with Crippen LogP contribution in [0.5, 0.6) is 5.75 Å². The summed E-state index contributed by atoms with van der Waals surface area (Å²) < 4.78 is 33.1. The van der Waals surface area contributed by atoms with Crippen molar-refractivity contribution in [3.8, 4) is 5.75 Å². The molecular formula is C18H14F2O2. The molecule has 0 amide bonds. The lowest BCUT2D eigenvalue weighted by molar-refractivity contribution is 0.0592. The van der Waals surface area contributed by atoms with Crippen molar-refractivity contribution in [1.82, 2.24) is 0 Å². The first kappa shape index (κ1) is 14.4. The Morgan fingerprint density at radius 1 is 1.18 bits per heavy atom. The molecule has 0 saturated carbocycles. The summed E-state index contributed by atoms with van der Waals surface area (Å²) >= 11 is 0. The molecule has 0 fully saturated rings. The van der Waals surface area contributed by atoms with Crippen LogP contribution in [-0.2, 0) is 0 Å². The highest BCUT2D eigenvalue weighted by molar-refractivity contribution is 6.05.